The van der Waals surface area contributed by atoms with E-state index in [0.29, 0.717) is 16.4 Å². The van der Waals surface area contributed by atoms with Gasteiger partial charge in [0.2, 0.25) is 5.95 Å². The van der Waals surface area contributed by atoms with Gasteiger partial charge in [0, 0.05) is 16.4 Å². The minimum atomic E-state index is -0.789. The van der Waals surface area contributed by atoms with Crippen molar-refractivity contribution in [2.45, 2.75) is 13.8 Å². The van der Waals surface area contributed by atoms with Crippen LogP contribution in [-0.2, 0) is 0 Å². The number of amides is 1. The van der Waals surface area contributed by atoms with Crippen LogP contribution in [0.4, 0.5) is 26.1 Å². The minimum Gasteiger partial charge on any atom is -0.320 e. The lowest BCUT2D eigenvalue weighted by atomic mass is 10.2. The van der Waals surface area contributed by atoms with Gasteiger partial charge in [0.1, 0.15) is 23.0 Å². The highest BCUT2D eigenvalue weighted by Gasteiger charge is 2.15. The molecule has 0 unspecified atom stereocenters. The molecule has 138 valence electrons. The molecule has 1 aromatic heterocycles. The zero-order chi connectivity index (χ0) is 19.6. The molecule has 0 atom stereocenters. The number of nitrogens with one attached hydrogen (secondary N) is 2. The lowest BCUT2D eigenvalue weighted by Gasteiger charge is -2.11. The van der Waals surface area contributed by atoms with E-state index in [1.54, 1.807) is 32.0 Å². The molecule has 3 rings (SSSR count). The highest BCUT2D eigenvalue weighted by molar-refractivity contribution is 6.30. The van der Waals surface area contributed by atoms with E-state index in [-0.39, 0.29) is 17.3 Å². The second-order valence-electron chi connectivity index (χ2n) is 5.85. The summed E-state index contributed by atoms with van der Waals surface area (Å²) in [7, 11) is 0. The number of halogens is 3. The first-order valence-electron chi connectivity index (χ1n) is 7.97. The third-order valence-electron chi connectivity index (χ3n) is 3.72. The van der Waals surface area contributed by atoms with Gasteiger partial charge in [-0.05, 0) is 55.8 Å². The fourth-order valence-electron chi connectivity index (χ4n) is 2.42. The zero-order valence-electron chi connectivity index (χ0n) is 14.5. The summed E-state index contributed by atoms with van der Waals surface area (Å²) >= 11 is 5.91. The fourth-order valence-corrected chi connectivity index (χ4v) is 2.65. The Bertz CT molecular complexity index is 1010. The van der Waals surface area contributed by atoms with Gasteiger partial charge in [-0.25, -0.2) is 18.7 Å². The maximum absolute atomic E-state index is 13.8. The number of aromatic nitrogens is 2. The summed E-state index contributed by atoms with van der Waals surface area (Å²) < 4.78 is 27.6. The van der Waals surface area contributed by atoms with Crippen molar-refractivity contribution in [2.24, 2.45) is 0 Å². The van der Waals surface area contributed by atoms with Gasteiger partial charge in [-0.15, -0.1) is 0 Å². The van der Waals surface area contributed by atoms with E-state index >= 15 is 0 Å². The van der Waals surface area contributed by atoms with Gasteiger partial charge in [0.15, 0.2) is 0 Å². The average molecular weight is 389 g/mol. The Labute approximate surface area is 159 Å². The summed E-state index contributed by atoms with van der Waals surface area (Å²) in [5.41, 5.74) is 1.49. The molecule has 27 heavy (non-hydrogen) atoms. The molecular formula is C19H15ClF2N4O. The molecule has 0 spiro atoms. The van der Waals surface area contributed by atoms with E-state index < -0.39 is 17.5 Å². The van der Waals surface area contributed by atoms with E-state index in [1.165, 1.54) is 12.1 Å². The van der Waals surface area contributed by atoms with Gasteiger partial charge in [-0.1, -0.05) is 17.7 Å². The first-order valence-corrected chi connectivity index (χ1v) is 8.35. The lowest BCUT2D eigenvalue weighted by Crippen LogP contribution is -2.16. The van der Waals surface area contributed by atoms with Gasteiger partial charge in [0.05, 0.1) is 0 Å². The molecule has 5 nitrogen and oxygen atoms in total. The standard InChI is InChI=1S/C19H15ClF2N4O/c1-10-8-12(20)6-7-15(10)24-18(27)16-9-11(2)23-19(25-16)26-17-13(21)4-3-5-14(17)22/h3-9H,1-2H3,(H,24,27)(H,23,25,26). The van der Waals surface area contributed by atoms with Crippen molar-refractivity contribution in [1.82, 2.24) is 9.97 Å². The SMILES string of the molecule is Cc1cc(C(=O)Nc2ccc(Cl)cc2C)nc(Nc2c(F)cccc2F)n1. The Kier molecular flexibility index (Phi) is 5.32. The summed E-state index contributed by atoms with van der Waals surface area (Å²) in [4.78, 5) is 20.7. The number of nitrogens with zero attached hydrogens (tertiary/aromatic N) is 2. The quantitative estimate of drug-likeness (QED) is 0.658. The predicted molar refractivity (Wildman–Crippen MR) is 101 cm³/mol. The Hall–Kier alpha value is -3.06. The molecule has 1 amide bonds. The second kappa shape index (κ2) is 7.67. The molecular weight excluding hydrogens is 374 g/mol. The van der Waals surface area contributed by atoms with Crippen molar-refractivity contribution in [3.8, 4) is 0 Å². The Morgan fingerprint density at radius 2 is 1.74 bits per heavy atom. The number of benzene rings is 2. The molecule has 3 aromatic rings. The molecule has 0 fully saturated rings. The maximum atomic E-state index is 13.8. The summed E-state index contributed by atoms with van der Waals surface area (Å²) in [5, 5.41) is 5.78. The highest BCUT2D eigenvalue weighted by Crippen LogP contribution is 2.23. The van der Waals surface area contributed by atoms with Crippen LogP contribution in [0.3, 0.4) is 0 Å². The molecule has 0 aliphatic rings. The minimum absolute atomic E-state index is 0.0519. The number of carbonyl (C=O) groups excluding carboxylic acids is 1. The highest BCUT2D eigenvalue weighted by atomic mass is 35.5. The van der Waals surface area contributed by atoms with Gasteiger partial charge < -0.3 is 10.6 Å². The predicted octanol–water partition coefficient (Wildman–Crippen LogP) is 5.02. The third kappa shape index (κ3) is 4.38. The van der Waals surface area contributed by atoms with Gasteiger partial charge in [0.25, 0.3) is 5.91 Å². The second-order valence-corrected chi connectivity index (χ2v) is 6.29. The van der Waals surface area contributed by atoms with E-state index in [4.69, 9.17) is 11.6 Å². The van der Waals surface area contributed by atoms with Crippen molar-refractivity contribution in [2.75, 3.05) is 10.6 Å². The maximum Gasteiger partial charge on any atom is 0.274 e. The Balaban J connectivity index is 1.87. The number of hydrogen-bond donors (Lipinski definition) is 2. The van der Waals surface area contributed by atoms with E-state index in [1.807, 2.05) is 0 Å². The summed E-state index contributed by atoms with van der Waals surface area (Å²) in [6.45, 7) is 3.45. The van der Waals surface area contributed by atoms with E-state index in [2.05, 4.69) is 20.6 Å². The number of anilines is 3. The Morgan fingerprint density at radius 1 is 1.04 bits per heavy atom. The topological polar surface area (TPSA) is 66.9 Å². The van der Waals surface area contributed by atoms with Crippen molar-refractivity contribution < 1.29 is 13.6 Å². The van der Waals surface area contributed by atoms with E-state index in [0.717, 1.165) is 17.7 Å². The van der Waals surface area contributed by atoms with Crippen LogP contribution < -0.4 is 10.6 Å². The normalized spacial score (nSPS) is 10.6. The molecule has 2 N–H and O–H groups in total. The largest absolute Gasteiger partial charge is 0.320 e. The molecule has 0 aliphatic carbocycles. The van der Waals surface area contributed by atoms with Crippen LogP contribution in [0.1, 0.15) is 21.7 Å². The number of carbonyl (C=O) groups is 1. The first-order chi connectivity index (χ1) is 12.8. The van der Waals surface area contributed by atoms with Gasteiger partial charge in [-0.2, -0.15) is 0 Å². The lowest BCUT2D eigenvalue weighted by molar-refractivity contribution is 0.102. The molecule has 2 aromatic carbocycles. The zero-order valence-corrected chi connectivity index (χ0v) is 15.2. The Morgan fingerprint density at radius 3 is 2.41 bits per heavy atom. The van der Waals surface area contributed by atoms with Crippen molar-refractivity contribution in [3.63, 3.8) is 0 Å². The van der Waals surface area contributed by atoms with Crippen LogP contribution in [-0.4, -0.2) is 15.9 Å². The van der Waals surface area contributed by atoms with Crippen molar-refractivity contribution in [1.29, 1.82) is 0 Å². The number of para-hydroxylation sites is 1. The number of rotatable bonds is 4. The van der Waals surface area contributed by atoms with Crippen molar-refractivity contribution in [3.05, 3.63) is 76.1 Å². The number of hydrogen-bond acceptors (Lipinski definition) is 4. The monoisotopic (exact) mass is 388 g/mol. The molecule has 1 heterocycles. The first kappa shape index (κ1) is 18.7. The van der Waals surface area contributed by atoms with Crippen LogP contribution in [0, 0.1) is 25.5 Å². The van der Waals surface area contributed by atoms with Crippen molar-refractivity contribution >= 4 is 34.8 Å². The van der Waals surface area contributed by atoms with Gasteiger partial charge >= 0.3 is 0 Å². The van der Waals surface area contributed by atoms with Crippen LogP contribution >= 0.6 is 11.6 Å². The molecule has 0 aliphatic heterocycles. The van der Waals surface area contributed by atoms with Crippen LogP contribution in [0.25, 0.3) is 0 Å². The van der Waals surface area contributed by atoms with E-state index in [9.17, 15) is 13.6 Å². The molecule has 0 saturated carbocycles. The average Bonchev–Trinajstić information content (AvgIpc) is 2.60. The van der Waals surface area contributed by atoms with Crippen LogP contribution in [0.5, 0.6) is 0 Å². The summed E-state index contributed by atoms with van der Waals surface area (Å²) in [6, 6.07) is 10.00. The smallest absolute Gasteiger partial charge is 0.274 e. The van der Waals surface area contributed by atoms with Gasteiger partial charge in [-0.3, -0.25) is 4.79 Å². The fraction of sp³-hybridized carbons (Fsp3) is 0.105. The third-order valence-corrected chi connectivity index (χ3v) is 3.96. The van der Waals surface area contributed by atoms with Crippen LogP contribution in [0.2, 0.25) is 5.02 Å². The number of aryl methyl sites for hydroxylation is 2. The summed E-state index contributed by atoms with van der Waals surface area (Å²) in [6.07, 6.45) is 0. The molecule has 0 saturated heterocycles. The molecule has 0 radical (unpaired) electrons. The molecule has 8 heteroatoms. The molecule has 0 bridgehead atoms. The summed E-state index contributed by atoms with van der Waals surface area (Å²) in [5.74, 6) is -2.15. The van der Waals surface area contributed by atoms with Crippen LogP contribution in [0.15, 0.2) is 42.5 Å².